The van der Waals surface area contributed by atoms with Gasteiger partial charge in [-0.05, 0) is 6.07 Å². The maximum absolute atomic E-state index is 13.3. The first-order valence-electron chi connectivity index (χ1n) is 5.03. The zero-order valence-electron chi connectivity index (χ0n) is 9.73. The third kappa shape index (κ3) is 2.02. The molecule has 0 amide bonds. The number of ether oxygens (including phenoxy) is 1. The second-order valence-electron chi connectivity index (χ2n) is 3.61. The highest BCUT2D eigenvalue weighted by molar-refractivity contribution is 5.90. The average Bonchev–Trinajstić information content (AvgIpc) is 2.68. The van der Waals surface area contributed by atoms with Gasteiger partial charge in [0.15, 0.2) is 0 Å². The second kappa shape index (κ2) is 4.44. The number of pyridine rings is 1. The van der Waals surface area contributed by atoms with Crippen LogP contribution in [-0.4, -0.2) is 27.8 Å². The fraction of sp³-hybridized carbons (Fsp3) is 0.182. The van der Waals surface area contributed by atoms with E-state index in [1.54, 1.807) is 0 Å². The van der Waals surface area contributed by atoms with E-state index in [1.165, 1.54) is 31.1 Å². The Kier molecular flexibility index (Phi) is 2.97. The van der Waals surface area contributed by atoms with Gasteiger partial charge in [0.25, 0.3) is 5.56 Å². The van der Waals surface area contributed by atoms with E-state index in [-0.39, 0.29) is 22.4 Å². The summed E-state index contributed by atoms with van der Waals surface area (Å²) >= 11 is 0. The molecule has 0 spiro atoms. The van der Waals surface area contributed by atoms with Crippen LogP contribution >= 0.6 is 0 Å². The minimum atomic E-state index is -0.851. The molecule has 6 nitrogen and oxygen atoms in total. The quantitative estimate of drug-likeness (QED) is 0.629. The van der Waals surface area contributed by atoms with Crippen LogP contribution in [0.15, 0.2) is 23.1 Å². The van der Waals surface area contributed by atoms with E-state index in [2.05, 4.69) is 14.8 Å². The molecule has 0 atom stereocenters. The van der Waals surface area contributed by atoms with Crippen molar-refractivity contribution in [3.8, 4) is 11.3 Å². The number of aryl methyl sites for hydroxylation is 1. The summed E-state index contributed by atoms with van der Waals surface area (Å²) < 4.78 is 19.0. The summed E-state index contributed by atoms with van der Waals surface area (Å²) in [5.74, 6) is -1.54. The Labute approximate surface area is 101 Å². The highest BCUT2D eigenvalue weighted by Gasteiger charge is 2.14. The molecule has 0 saturated carbocycles. The predicted octanol–water partition coefficient (Wildman–Crippen LogP) is 0.701. The molecule has 1 N–H and O–H groups in total. The smallest absolute Gasteiger partial charge is 0.338 e. The van der Waals surface area contributed by atoms with Crippen molar-refractivity contribution in [2.75, 3.05) is 7.11 Å². The standard InChI is InChI=1S/C11H10FN3O3/c1-15-10(16)7(5-13-15)8-3-6(11(17)18-2)4-9(12)14-8/h3-5,13H,1-2H3. The molecule has 0 aliphatic carbocycles. The largest absolute Gasteiger partial charge is 0.465 e. The van der Waals surface area contributed by atoms with E-state index in [0.717, 1.165) is 6.07 Å². The molecule has 2 rings (SSSR count). The number of H-pyrrole nitrogens is 1. The lowest BCUT2D eigenvalue weighted by Gasteiger charge is -2.01. The molecule has 2 aromatic heterocycles. The molecule has 94 valence electrons. The van der Waals surface area contributed by atoms with Crippen molar-refractivity contribution in [2.24, 2.45) is 7.05 Å². The van der Waals surface area contributed by atoms with Crippen LogP contribution in [0.25, 0.3) is 11.3 Å². The predicted molar refractivity (Wildman–Crippen MR) is 60.6 cm³/mol. The summed E-state index contributed by atoms with van der Waals surface area (Å²) in [5.41, 5.74) is -0.0911. The van der Waals surface area contributed by atoms with E-state index in [0.29, 0.717) is 0 Å². The third-order valence-corrected chi connectivity index (χ3v) is 2.43. The molecule has 2 heterocycles. The van der Waals surface area contributed by atoms with E-state index in [9.17, 15) is 14.0 Å². The van der Waals surface area contributed by atoms with Crippen molar-refractivity contribution in [3.63, 3.8) is 0 Å². The number of aromatic amines is 1. The lowest BCUT2D eigenvalue weighted by atomic mass is 10.1. The molecule has 0 aromatic carbocycles. The van der Waals surface area contributed by atoms with Gasteiger partial charge in [-0.1, -0.05) is 0 Å². The maximum atomic E-state index is 13.3. The van der Waals surface area contributed by atoms with Crippen LogP contribution in [0.5, 0.6) is 0 Å². The van der Waals surface area contributed by atoms with E-state index < -0.39 is 11.9 Å². The summed E-state index contributed by atoms with van der Waals surface area (Å²) in [7, 11) is 2.71. The zero-order chi connectivity index (χ0) is 13.3. The summed E-state index contributed by atoms with van der Waals surface area (Å²) in [5, 5.41) is 2.64. The van der Waals surface area contributed by atoms with Crippen LogP contribution in [0.3, 0.4) is 0 Å². The van der Waals surface area contributed by atoms with Gasteiger partial charge in [-0.15, -0.1) is 0 Å². The Balaban J connectivity index is 2.59. The lowest BCUT2D eigenvalue weighted by Crippen LogP contribution is -2.14. The van der Waals surface area contributed by atoms with Gasteiger partial charge in [0.1, 0.15) is 0 Å². The number of nitrogens with one attached hydrogen (secondary N) is 1. The molecule has 18 heavy (non-hydrogen) atoms. The fourth-order valence-electron chi connectivity index (χ4n) is 1.52. The van der Waals surface area contributed by atoms with E-state index >= 15 is 0 Å². The minimum absolute atomic E-state index is 0.00301. The Morgan fingerprint density at radius 2 is 2.22 bits per heavy atom. The maximum Gasteiger partial charge on any atom is 0.338 e. The minimum Gasteiger partial charge on any atom is -0.465 e. The Hall–Kier alpha value is -2.44. The molecule has 7 heteroatoms. The van der Waals surface area contributed by atoms with Gasteiger partial charge in [-0.25, -0.2) is 9.78 Å². The molecule has 0 aliphatic rings. The molecule has 0 radical (unpaired) electrons. The first-order valence-corrected chi connectivity index (χ1v) is 5.03. The first kappa shape index (κ1) is 12.0. The summed E-state index contributed by atoms with van der Waals surface area (Å²) in [4.78, 5) is 26.6. The summed E-state index contributed by atoms with van der Waals surface area (Å²) in [6.07, 6.45) is 1.39. The number of halogens is 1. The van der Waals surface area contributed by atoms with Crippen molar-refractivity contribution < 1.29 is 13.9 Å². The van der Waals surface area contributed by atoms with Gasteiger partial charge in [0.2, 0.25) is 5.95 Å². The van der Waals surface area contributed by atoms with Gasteiger partial charge in [-0.2, -0.15) is 4.39 Å². The highest BCUT2D eigenvalue weighted by Crippen LogP contribution is 2.15. The fourth-order valence-corrected chi connectivity index (χ4v) is 1.52. The monoisotopic (exact) mass is 251 g/mol. The first-order chi connectivity index (χ1) is 8.52. The van der Waals surface area contributed by atoms with Crippen LogP contribution in [0, 0.1) is 5.95 Å². The number of carbonyl (C=O) groups is 1. The van der Waals surface area contributed by atoms with Gasteiger partial charge >= 0.3 is 5.97 Å². The van der Waals surface area contributed by atoms with Crippen LogP contribution in [0.2, 0.25) is 0 Å². The Morgan fingerprint density at radius 3 is 2.78 bits per heavy atom. The van der Waals surface area contributed by atoms with Crippen LogP contribution < -0.4 is 5.56 Å². The number of hydrogen-bond donors (Lipinski definition) is 1. The number of methoxy groups -OCH3 is 1. The molecule has 2 aromatic rings. The van der Waals surface area contributed by atoms with Crippen LogP contribution in [-0.2, 0) is 11.8 Å². The Morgan fingerprint density at radius 1 is 1.50 bits per heavy atom. The second-order valence-corrected chi connectivity index (χ2v) is 3.61. The topological polar surface area (TPSA) is 77.0 Å². The number of hydrogen-bond acceptors (Lipinski definition) is 4. The normalized spacial score (nSPS) is 10.4. The number of nitrogens with zero attached hydrogens (tertiary/aromatic N) is 2. The SMILES string of the molecule is COC(=O)c1cc(F)nc(-c2c[nH]n(C)c2=O)c1. The molecule has 0 aliphatic heterocycles. The van der Waals surface area contributed by atoms with E-state index in [4.69, 9.17) is 0 Å². The molecule has 0 saturated heterocycles. The number of carbonyl (C=O) groups excluding carboxylic acids is 1. The number of aromatic nitrogens is 3. The van der Waals surface area contributed by atoms with Gasteiger partial charge in [-0.3, -0.25) is 9.48 Å². The van der Waals surface area contributed by atoms with Crippen LogP contribution in [0.1, 0.15) is 10.4 Å². The van der Waals surface area contributed by atoms with Gasteiger partial charge in [0.05, 0.1) is 23.9 Å². The lowest BCUT2D eigenvalue weighted by molar-refractivity contribution is 0.0600. The summed E-state index contributed by atoms with van der Waals surface area (Å²) in [6.45, 7) is 0. The zero-order valence-corrected chi connectivity index (χ0v) is 9.73. The van der Waals surface area contributed by atoms with Crippen molar-refractivity contribution in [1.82, 2.24) is 14.8 Å². The molecule has 0 unspecified atom stereocenters. The average molecular weight is 251 g/mol. The van der Waals surface area contributed by atoms with Crippen molar-refractivity contribution in [1.29, 1.82) is 0 Å². The Bertz CT molecular complexity index is 660. The van der Waals surface area contributed by atoms with Gasteiger partial charge < -0.3 is 9.84 Å². The number of rotatable bonds is 2. The third-order valence-electron chi connectivity index (χ3n) is 2.43. The summed E-state index contributed by atoms with van der Waals surface area (Å²) in [6, 6.07) is 2.26. The van der Waals surface area contributed by atoms with Crippen molar-refractivity contribution in [3.05, 3.63) is 40.2 Å². The number of esters is 1. The molecular formula is C11H10FN3O3. The highest BCUT2D eigenvalue weighted by atomic mass is 19.1. The van der Waals surface area contributed by atoms with Crippen LogP contribution in [0.4, 0.5) is 4.39 Å². The molecular weight excluding hydrogens is 241 g/mol. The molecule has 0 fully saturated rings. The van der Waals surface area contributed by atoms with E-state index in [1.807, 2.05) is 0 Å². The van der Waals surface area contributed by atoms with Gasteiger partial charge in [0, 0.05) is 19.3 Å². The molecule has 0 bridgehead atoms. The van der Waals surface area contributed by atoms with Crippen molar-refractivity contribution >= 4 is 5.97 Å². The van der Waals surface area contributed by atoms with Crippen molar-refractivity contribution in [2.45, 2.75) is 0 Å².